The molecule has 76 valence electrons. The maximum Gasteiger partial charge on any atom is 0.000804 e. The van der Waals surface area contributed by atoms with Crippen LogP contribution in [0.2, 0.25) is 0 Å². The van der Waals surface area contributed by atoms with Crippen LogP contribution < -0.4 is 5.32 Å². The first-order valence-electron chi connectivity index (χ1n) is 5.91. The smallest absolute Gasteiger partial charge is 0.000804 e. The fourth-order valence-electron chi connectivity index (χ4n) is 3.11. The Kier molecular flexibility index (Phi) is 2.64. The second-order valence-electron chi connectivity index (χ2n) is 5.67. The van der Waals surface area contributed by atoms with Crippen molar-refractivity contribution in [1.29, 1.82) is 0 Å². The predicted octanol–water partition coefficient (Wildman–Crippen LogP) is 2.81. The van der Waals surface area contributed by atoms with Crippen LogP contribution >= 0.6 is 0 Å². The van der Waals surface area contributed by atoms with E-state index in [4.69, 9.17) is 0 Å². The molecule has 1 heteroatoms. The largest absolute Gasteiger partial charge is 0.316 e. The minimum absolute atomic E-state index is 0.715. The predicted molar refractivity (Wildman–Crippen MR) is 56.7 cm³/mol. The van der Waals surface area contributed by atoms with E-state index >= 15 is 0 Å². The van der Waals surface area contributed by atoms with E-state index in [9.17, 15) is 0 Å². The second-order valence-corrected chi connectivity index (χ2v) is 5.67. The molecule has 1 saturated heterocycles. The third-order valence-electron chi connectivity index (χ3n) is 3.99. The highest BCUT2D eigenvalue weighted by atomic mass is 14.9. The van der Waals surface area contributed by atoms with Crippen molar-refractivity contribution in [2.24, 2.45) is 17.3 Å². The Balaban J connectivity index is 1.88. The molecular formula is C12H23N. The maximum atomic E-state index is 3.61. The van der Waals surface area contributed by atoms with Gasteiger partial charge in [-0.1, -0.05) is 20.3 Å². The molecule has 2 bridgehead atoms. The molecule has 0 aromatic carbocycles. The lowest BCUT2D eigenvalue weighted by Gasteiger charge is -2.34. The number of rotatable bonds is 3. The Morgan fingerprint density at radius 2 is 2.31 bits per heavy atom. The molecule has 13 heavy (non-hydrogen) atoms. The Bertz CT molecular complexity index is 172. The molecule has 2 fully saturated rings. The molecule has 1 nitrogen and oxygen atoms in total. The third-order valence-corrected chi connectivity index (χ3v) is 3.99. The average molecular weight is 181 g/mol. The van der Waals surface area contributed by atoms with Crippen LogP contribution in [0.15, 0.2) is 0 Å². The SMILES string of the molecule is CC(C)CCC12CCC(CNC1)C2. The van der Waals surface area contributed by atoms with Crippen molar-refractivity contribution in [3.8, 4) is 0 Å². The van der Waals surface area contributed by atoms with E-state index in [1.54, 1.807) is 0 Å². The highest BCUT2D eigenvalue weighted by molar-refractivity contribution is 4.95. The van der Waals surface area contributed by atoms with Gasteiger partial charge in [-0.2, -0.15) is 0 Å². The van der Waals surface area contributed by atoms with Crippen LogP contribution in [0.3, 0.4) is 0 Å². The van der Waals surface area contributed by atoms with Gasteiger partial charge in [0.2, 0.25) is 0 Å². The van der Waals surface area contributed by atoms with Gasteiger partial charge in [0.1, 0.15) is 0 Å². The molecule has 2 rings (SSSR count). The first-order valence-corrected chi connectivity index (χ1v) is 5.91. The molecule has 0 aromatic heterocycles. The van der Waals surface area contributed by atoms with Crippen LogP contribution in [-0.4, -0.2) is 13.1 Å². The Hall–Kier alpha value is -0.0400. The maximum absolute atomic E-state index is 3.61. The summed E-state index contributed by atoms with van der Waals surface area (Å²) >= 11 is 0. The number of nitrogens with one attached hydrogen (secondary N) is 1. The molecule has 2 atom stereocenters. The van der Waals surface area contributed by atoms with Crippen LogP contribution in [-0.2, 0) is 0 Å². The molecule has 0 aromatic rings. The van der Waals surface area contributed by atoms with E-state index in [1.807, 2.05) is 0 Å². The fraction of sp³-hybridized carbons (Fsp3) is 1.00. The van der Waals surface area contributed by atoms with Crippen LogP contribution in [0, 0.1) is 17.3 Å². The van der Waals surface area contributed by atoms with Gasteiger partial charge in [0.15, 0.2) is 0 Å². The van der Waals surface area contributed by atoms with E-state index in [0.717, 1.165) is 11.8 Å². The molecule has 0 spiro atoms. The van der Waals surface area contributed by atoms with Gasteiger partial charge in [0.25, 0.3) is 0 Å². The summed E-state index contributed by atoms with van der Waals surface area (Å²) in [4.78, 5) is 0. The molecule has 1 aliphatic carbocycles. The molecule has 1 N–H and O–H groups in total. The minimum atomic E-state index is 0.715. The van der Waals surface area contributed by atoms with Gasteiger partial charge in [0.05, 0.1) is 0 Å². The summed E-state index contributed by atoms with van der Waals surface area (Å²) in [5, 5.41) is 3.61. The molecule has 0 amide bonds. The topological polar surface area (TPSA) is 12.0 Å². The number of fused-ring (bicyclic) bond motifs is 2. The van der Waals surface area contributed by atoms with E-state index in [2.05, 4.69) is 19.2 Å². The minimum Gasteiger partial charge on any atom is -0.316 e. The number of piperidine rings is 1. The van der Waals surface area contributed by atoms with Crippen LogP contribution in [0.25, 0.3) is 0 Å². The number of hydrogen-bond acceptors (Lipinski definition) is 1. The van der Waals surface area contributed by atoms with Crippen molar-refractivity contribution >= 4 is 0 Å². The third kappa shape index (κ3) is 2.07. The van der Waals surface area contributed by atoms with Gasteiger partial charge < -0.3 is 5.32 Å². The van der Waals surface area contributed by atoms with Crippen molar-refractivity contribution in [2.45, 2.75) is 46.0 Å². The normalized spacial score (nSPS) is 38.5. The molecule has 1 saturated carbocycles. The van der Waals surface area contributed by atoms with Crippen LogP contribution in [0.4, 0.5) is 0 Å². The Labute approximate surface area is 82.3 Å². The fourth-order valence-corrected chi connectivity index (χ4v) is 3.11. The van der Waals surface area contributed by atoms with Gasteiger partial charge in [-0.25, -0.2) is 0 Å². The lowest BCUT2D eigenvalue weighted by atomic mass is 9.77. The van der Waals surface area contributed by atoms with Gasteiger partial charge in [0, 0.05) is 6.54 Å². The van der Waals surface area contributed by atoms with Gasteiger partial charge in [-0.3, -0.25) is 0 Å². The van der Waals surface area contributed by atoms with Gasteiger partial charge >= 0.3 is 0 Å². The van der Waals surface area contributed by atoms with E-state index < -0.39 is 0 Å². The summed E-state index contributed by atoms with van der Waals surface area (Å²) in [6.07, 6.45) is 7.40. The zero-order valence-electron chi connectivity index (χ0n) is 9.10. The van der Waals surface area contributed by atoms with Crippen molar-refractivity contribution in [3.63, 3.8) is 0 Å². The van der Waals surface area contributed by atoms with Crippen molar-refractivity contribution in [2.75, 3.05) is 13.1 Å². The first kappa shape index (κ1) is 9.51. The lowest BCUT2D eigenvalue weighted by molar-refractivity contribution is 0.200. The van der Waals surface area contributed by atoms with Crippen molar-refractivity contribution in [1.82, 2.24) is 5.32 Å². The van der Waals surface area contributed by atoms with Gasteiger partial charge in [-0.05, 0) is 49.5 Å². The quantitative estimate of drug-likeness (QED) is 0.706. The van der Waals surface area contributed by atoms with Crippen LogP contribution in [0.5, 0.6) is 0 Å². The zero-order chi connectivity index (χ0) is 9.31. The summed E-state index contributed by atoms with van der Waals surface area (Å²) in [7, 11) is 0. The van der Waals surface area contributed by atoms with Crippen molar-refractivity contribution < 1.29 is 0 Å². The summed E-state index contributed by atoms with van der Waals surface area (Å²) < 4.78 is 0. The van der Waals surface area contributed by atoms with Crippen molar-refractivity contribution in [3.05, 3.63) is 0 Å². The lowest BCUT2D eigenvalue weighted by Crippen LogP contribution is -2.39. The monoisotopic (exact) mass is 181 g/mol. The molecule has 0 radical (unpaired) electrons. The molecule has 1 heterocycles. The van der Waals surface area contributed by atoms with Gasteiger partial charge in [-0.15, -0.1) is 0 Å². The van der Waals surface area contributed by atoms with E-state index in [-0.39, 0.29) is 0 Å². The summed E-state index contributed by atoms with van der Waals surface area (Å²) in [5.74, 6) is 1.90. The highest BCUT2D eigenvalue weighted by Crippen LogP contribution is 2.47. The summed E-state index contributed by atoms with van der Waals surface area (Å²) in [6.45, 7) is 7.29. The zero-order valence-corrected chi connectivity index (χ0v) is 9.10. The molecular weight excluding hydrogens is 158 g/mol. The summed E-state index contributed by atoms with van der Waals surface area (Å²) in [5.41, 5.74) is 0.715. The Morgan fingerprint density at radius 1 is 1.46 bits per heavy atom. The van der Waals surface area contributed by atoms with E-state index in [0.29, 0.717) is 5.41 Å². The molecule has 1 aliphatic heterocycles. The van der Waals surface area contributed by atoms with Crippen LogP contribution in [0.1, 0.15) is 46.0 Å². The second kappa shape index (κ2) is 3.61. The Morgan fingerprint density at radius 3 is 3.08 bits per heavy atom. The van der Waals surface area contributed by atoms with E-state index in [1.165, 1.54) is 45.2 Å². The number of hydrogen-bond donors (Lipinski definition) is 1. The molecule has 2 unspecified atom stereocenters. The average Bonchev–Trinajstić information content (AvgIpc) is 2.40. The standard InChI is InChI=1S/C12H23N/c1-10(2)3-5-12-6-4-11(7-12)8-13-9-12/h10-11,13H,3-9H2,1-2H3. The summed E-state index contributed by atoms with van der Waals surface area (Å²) in [6, 6.07) is 0. The first-order chi connectivity index (χ1) is 6.20. The molecule has 2 aliphatic rings. The highest BCUT2D eigenvalue weighted by Gasteiger charge is 2.41.